The molecule has 0 atom stereocenters. The first-order chi connectivity index (χ1) is 11.0. The van der Waals surface area contributed by atoms with E-state index in [0.717, 1.165) is 11.3 Å². The van der Waals surface area contributed by atoms with Crippen LogP contribution in [0.15, 0.2) is 30.3 Å². The maximum Gasteiger partial charge on any atom is 0.223 e. The number of ether oxygens (including phenoxy) is 1. The van der Waals surface area contributed by atoms with Gasteiger partial charge in [-0.05, 0) is 30.5 Å². The van der Waals surface area contributed by atoms with E-state index in [9.17, 15) is 5.11 Å². The van der Waals surface area contributed by atoms with Crippen LogP contribution >= 0.6 is 0 Å². The molecular formula is C16H21N5O2. The molecule has 0 spiro atoms. The number of rotatable bonds is 3. The molecule has 1 aromatic carbocycles. The highest BCUT2D eigenvalue weighted by molar-refractivity contribution is 5.51. The summed E-state index contributed by atoms with van der Waals surface area (Å²) in [5.74, 6) is 1.99. The molecule has 0 bridgehead atoms. The summed E-state index contributed by atoms with van der Waals surface area (Å²) in [6, 6.07) is 9.26. The van der Waals surface area contributed by atoms with Gasteiger partial charge in [-0.1, -0.05) is 12.1 Å². The number of nitrogens with two attached hydrogens (primary N) is 2. The lowest BCUT2D eigenvalue weighted by molar-refractivity contribution is 0.0116. The molecule has 1 aromatic heterocycles. The van der Waals surface area contributed by atoms with Crippen LogP contribution in [-0.2, 0) is 5.60 Å². The van der Waals surface area contributed by atoms with Gasteiger partial charge in [-0.15, -0.1) is 0 Å². The predicted molar refractivity (Wildman–Crippen MR) is 89.2 cm³/mol. The van der Waals surface area contributed by atoms with E-state index in [-0.39, 0.29) is 5.95 Å². The van der Waals surface area contributed by atoms with Crippen molar-refractivity contribution < 1.29 is 9.84 Å². The predicted octanol–water partition coefficient (Wildman–Crippen LogP) is 1.14. The van der Waals surface area contributed by atoms with Crippen LogP contribution in [-0.4, -0.2) is 35.3 Å². The van der Waals surface area contributed by atoms with Gasteiger partial charge in [-0.3, -0.25) is 0 Å². The van der Waals surface area contributed by atoms with E-state index >= 15 is 0 Å². The monoisotopic (exact) mass is 315 g/mol. The summed E-state index contributed by atoms with van der Waals surface area (Å²) in [6.07, 6.45) is 1.20. The highest BCUT2D eigenvalue weighted by Gasteiger charge is 2.34. The lowest BCUT2D eigenvalue weighted by Crippen LogP contribution is -2.43. The number of anilines is 3. The number of hydrogen-bond acceptors (Lipinski definition) is 7. The third-order valence-electron chi connectivity index (χ3n) is 4.29. The molecule has 23 heavy (non-hydrogen) atoms. The van der Waals surface area contributed by atoms with E-state index in [0.29, 0.717) is 37.6 Å². The van der Waals surface area contributed by atoms with Gasteiger partial charge in [0.1, 0.15) is 17.4 Å². The van der Waals surface area contributed by atoms with Gasteiger partial charge in [0.2, 0.25) is 5.95 Å². The Labute approximate surface area is 134 Å². The smallest absolute Gasteiger partial charge is 0.223 e. The van der Waals surface area contributed by atoms with Gasteiger partial charge in [-0.2, -0.15) is 9.97 Å². The fourth-order valence-corrected chi connectivity index (χ4v) is 2.93. The van der Waals surface area contributed by atoms with Crippen molar-refractivity contribution in [1.29, 1.82) is 0 Å². The quantitative estimate of drug-likeness (QED) is 0.779. The van der Waals surface area contributed by atoms with Crippen LogP contribution in [0, 0.1) is 0 Å². The first kappa shape index (κ1) is 15.4. The summed E-state index contributed by atoms with van der Waals surface area (Å²) in [6.45, 7) is 1.33. The number of nitrogens with zero attached hydrogens (tertiary/aromatic N) is 3. The molecule has 2 heterocycles. The number of aliphatic hydroxyl groups is 1. The third kappa shape index (κ3) is 3.14. The fourth-order valence-electron chi connectivity index (χ4n) is 2.93. The van der Waals surface area contributed by atoms with Crippen LogP contribution < -0.4 is 21.1 Å². The summed E-state index contributed by atoms with van der Waals surface area (Å²) in [5.41, 5.74) is 11.4. The Kier molecular flexibility index (Phi) is 3.96. The normalized spacial score (nSPS) is 17.0. The molecule has 5 N–H and O–H groups in total. The van der Waals surface area contributed by atoms with Gasteiger partial charge in [0.15, 0.2) is 0 Å². The lowest BCUT2D eigenvalue weighted by Gasteiger charge is -2.39. The average molecular weight is 315 g/mol. The molecule has 7 nitrogen and oxygen atoms in total. The van der Waals surface area contributed by atoms with E-state index in [4.69, 9.17) is 16.2 Å². The molecular weight excluding hydrogens is 294 g/mol. The highest BCUT2D eigenvalue weighted by Crippen LogP contribution is 2.35. The summed E-state index contributed by atoms with van der Waals surface area (Å²) in [5, 5.41) is 10.9. The van der Waals surface area contributed by atoms with Crippen molar-refractivity contribution in [1.82, 2.24) is 9.97 Å². The highest BCUT2D eigenvalue weighted by atomic mass is 16.5. The van der Waals surface area contributed by atoms with Gasteiger partial charge < -0.3 is 26.2 Å². The minimum absolute atomic E-state index is 0.163. The van der Waals surface area contributed by atoms with Gasteiger partial charge in [0.05, 0.1) is 12.7 Å². The van der Waals surface area contributed by atoms with Crippen LogP contribution in [0.1, 0.15) is 18.4 Å². The third-order valence-corrected chi connectivity index (χ3v) is 4.29. The Morgan fingerprint density at radius 3 is 2.35 bits per heavy atom. The van der Waals surface area contributed by atoms with E-state index in [1.54, 1.807) is 13.2 Å². The van der Waals surface area contributed by atoms with Crippen LogP contribution in [0.25, 0.3) is 0 Å². The maximum atomic E-state index is 10.9. The summed E-state index contributed by atoms with van der Waals surface area (Å²) >= 11 is 0. The summed E-state index contributed by atoms with van der Waals surface area (Å²) < 4.78 is 5.16. The second-order valence-corrected chi connectivity index (χ2v) is 5.76. The second-order valence-electron chi connectivity index (χ2n) is 5.76. The van der Waals surface area contributed by atoms with E-state index < -0.39 is 5.60 Å². The summed E-state index contributed by atoms with van der Waals surface area (Å²) in [4.78, 5) is 10.2. The number of hydrogen-bond donors (Lipinski definition) is 3. The Morgan fingerprint density at radius 2 is 1.78 bits per heavy atom. The van der Waals surface area contributed by atoms with Crippen LogP contribution in [0.4, 0.5) is 17.6 Å². The molecule has 0 saturated carbocycles. The molecule has 1 fully saturated rings. The van der Waals surface area contributed by atoms with Crippen LogP contribution in [0.5, 0.6) is 5.75 Å². The molecule has 2 aromatic rings. The zero-order chi connectivity index (χ0) is 16.4. The van der Waals surface area contributed by atoms with E-state index in [1.165, 1.54) is 0 Å². The van der Waals surface area contributed by atoms with Crippen molar-refractivity contribution in [3.63, 3.8) is 0 Å². The Morgan fingerprint density at radius 1 is 1.13 bits per heavy atom. The van der Waals surface area contributed by atoms with Gasteiger partial charge >= 0.3 is 0 Å². The number of aromatic nitrogens is 2. The largest absolute Gasteiger partial charge is 0.497 e. The minimum Gasteiger partial charge on any atom is -0.497 e. The van der Waals surface area contributed by atoms with Gasteiger partial charge in [0.25, 0.3) is 0 Å². The molecule has 122 valence electrons. The van der Waals surface area contributed by atoms with E-state index in [1.807, 2.05) is 24.3 Å². The molecule has 1 aliphatic heterocycles. The van der Waals surface area contributed by atoms with Crippen LogP contribution in [0.3, 0.4) is 0 Å². The van der Waals surface area contributed by atoms with Gasteiger partial charge in [0, 0.05) is 19.2 Å². The number of methoxy groups -OCH3 is 1. The van der Waals surface area contributed by atoms with Crippen molar-refractivity contribution in [3.05, 3.63) is 35.9 Å². The molecule has 0 unspecified atom stereocenters. The van der Waals surface area contributed by atoms with Crippen molar-refractivity contribution in [2.75, 3.05) is 36.6 Å². The van der Waals surface area contributed by atoms with Gasteiger partial charge in [-0.25, -0.2) is 0 Å². The Hall–Kier alpha value is -2.54. The topological polar surface area (TPSA) is 111 Å². The zero-order valence-electron chi connectivity index (χ0n) is 13.1. The Bertz CT molecular complexity index is 661. The van der Waals surface area contributed by atoms with Crippen molar-refractivity contribution in [3.8, 4) is 5.75 Å². The molecule has 3 rings (SSSR count). The molecule has 1 aliphatic rings. The number of benzene rings is 1. The first-order valence-electron chi connectivity index (χ1n) is 7.52. The average Bonchev–Trinajstić information content (AvgIpc) is 2.55. The molecule has 0 aliphatic carbocycles. The number of piperidine rings is 1. The number of nitrogen functional groups attached to an aromatic ring is 2. The van der Waals surface area contributed by atoms with Crippen molar-refractivity contribution in [2.24, 2.45) is 0 Å². The fraction of sp³-hybridized carbons (Fsp3) is 0.375. The van der Waals surface area contributed by atoms with Crippen molar-refractivity contribution in [2.45, 2.75) is 18.4 Å². The van der Waals surface area contributed by atoms with Crippen LogP contribution in [0.2, 0.25) is 0 Å². The zero-order valence-corrected chi connectivity index (χ0v) is 13.1. The summed E-state index contributed by atoms with van der Waals surface area (Å²) in [7, 11) is 1.63. The second kappa shape index (κ2) is 5.92. The lowest BCUT2D eigenvalue weighted by atomic mass is 9.84. The molecule has 7 heteroatoms. The molecule has 1 saturated heterocycles. The molecule has 0 amide bonds. The Balaban J connectivity index is 1.73. The SMILES string of the molecule is COc1ccc(C2(O)CCN(c3cc(N)nc(N)n3)CC2)cc1. The maximum absolute atomic E-state index is 10.9. The first-order valence-corrected chi connectivity index (χ1v) is 7.52. The van der Waals surface area contributed by atoms with E-state index in [2.05, 4.69) is 14.9 Å². The standard InChI is InChI=1S/C16H21N5O2/c1-23-12-4-2-11(3-5-12)16(22)6-8-21(9-7-16)14-10-13(17)19-15(18)20-14/h2-5,10,22H,6-9H2,1H3,(H4,17,18,19,20). The molecule has 0 radical (unpaired) electrons. The van der Waals surface area contributed by atoms with Crippen molar-refractivity contribution >= 4 is 17.6 Å². The minimum atomic E-state index is -0.840.